The lowest BCUT2D eigenvalue weighted by Crippen LogP contribution is -3.00. The van der Waals surface area contributed by atoms with Gasteiger partial charge in [-0.05, 0) is 17.9 Å². The lowest BCUT2D eigenvalue weighted by molar-refractivity contribution is -0.704. The molecule has 0 aliphatic heterocycles. The highest BCUT2D eigenvalue weighted by Gasteiger charge is 2.16. The zero-order chi connectivity index (χ0) is 14.1. The molecule has 0 bridgehead atoms. The van der Waals surface area contributed by atoms with Gasteiger partial charge in [-0.1, -0.05) is 13.8 Å². The Bertz CT molecular complexity index is 346. The van der Waals surface area contributed by atoms with Crippen molar-refractivity contribution in [3.63, 3.8) is 0 Å². The summed E-state index contributed by atoms with van der Waals surface area (Å²) in [6, 6.07) is 4.29. The van der Waals surface area contributed by atoms with Gasteiger partial charge < -0.3 is 21.9 Å². The minimum absolute atomic E-state index is 0. The van der Waals surface area contributed by atoms with Crippen LogP contribution in [-0.4, -0.2) is 32.3 Å². The molecule has 2 atom stereocenters. The van der Waals surface area contributed by atoms with Crippen molar-refractivity contribution in [1.82, 2.24) is 0 Å². The number of aryl methyl sites for hydroxylation is 1. The van der Waals surface area contributed by atoms with Crippen LogP contribution in [0.3, 0.4) is 0 Å². The Balaban J connectivity index is 0.00000361. The van der Waals surface area contributed by atoms with Crippen molar-refractivity contribution in [3.05, 3.63) is 30.1 Å². The van der Waals surface area contributed by atoms with Crippen LogP contribution in [0.1, 0.15) is 19.4 Å². The van der Waals surface area contributed by atoms with Crippen molar-refractivity contribution in [2.45, 2.75) is 32.9 Å². The van der Waals surface area contributed by atoms with E-state index in [-0.39, 0.29) is 18.5 Å². The molecule has 20 heavy (non-hydrogen) atoms. The minimum Gasteiger partial charge on any atom is -1.00 e. The Labute approximate surface area is 133 Å². The third kappa shape index (κ3) is 7.44. The molecule has 3 nitrogen and oxygen atoms in total. The molecule has 0 radical (unpaired) electrons. The summed E-state index contributed by atoms with van der Waals surface area (Å²) in [4.78, 5) is 0. The molecule has 0 spiro atoms. The van der Waals surface area contributed by atoms with E-state index in [1.54, 1.807) is 7.11 Å². The van der Waals surface area contributed by atoms with Crippen molar-refractivity contribution in [2.24, 2.45) is 5.92 Å². The number of pyridine rings is 1. The van der Waals surface area contributed by atoms with Crippen LogP contribution in [0.25, 0.3) is 0 Å². The third-order valence-electron chi connectivity index (χ3n) is 3.02. The molecular weight excluding hydrogens is 297 g/mol. The number of halogens is 2. The molecule has 0 fully saturated rings. The van der Waals surface area contributed by atoms with Gasteiger partial charge in [0.2, 0.25) is 0 Å². The van der Waals surface area contributed by atoms with Gasteiger partial charge in [-0.2, -0.15) is 0 Å². The van der Waals surface area contributed by atoms with Gasteiger partial charge in [-0.15, -0.1) is 11.6 Å². The molecule has 0 saturated heterocycles. The molecule has 0 aromatic carbocycles. The first-order valence-electron chi connectivity index (χ1n) is 6.84. The van der Waals surface area contributed by atoms with Gasteiger partial charge in [0.05, 0.1) is 13.2 Å². The smallest absolute Gasteiger partial charge is 0.176 e. The third-order valence-corrected chi connectivity index (χ3v) is 3.54. The molecule has 0 aliphatic rings. The number of rotatable bonds is 9. The summed E-state index contributed by atoms with van der Waals surface area (Å²) in [6.07, 6.45) is 5.31. The van der Waals surface area contributed by atoms with Crippen LogP contribution in [0.2, 0.25) is 0 Å². The lowest BCUT2D eigenvalue weighted by Gasteiger charge is -2.16. The zero-order valence-corrected chi connectivity index (χ0v) is 14.0. The van der Waals surface area contributed by atoms with E-state index in [2.05, 4.69) is 42.9 Å². The van der Waals surface area contributed by atoms with E-state index in [9.17, 15) is 0 Å². The second kappa shape index (κ2) is 11.3. The van der Waals surface area contributed by atoms with Gasteiger partial charge in [0, 0.05) is 25.1 Å². The van der Waals surface area contributed by atoms with Crippen molar-refractivity contribution in [2.75, 3.05) is 26.2 Å². The molecule has 1 aromatic heterocycles. The van der Waals surface area contributed by atoms with E-state index in [1.165, 1.54) is 5.56 Å². The summed E-state index contributed by atoms with van der Waals surface area (Å²) in [5.41, 5.74) is 1.34. The molecule has 1 aromatic rings. The van der Waals surface area contributed by atoms with Gasteiger partial charge in [0.25, 0.3) is 0 Å². The van der Waals surface area contributed by atoms with E-state index in [1.807, 2.05) is 0 Å². The number of alkyl halides is 1. The maximum Gasteiger partial charge on any atom is 0.176 e. The second-order valence-electron chi connectivity index (χ2n) is 4.93. The van der Waals surface area contributed by atoms with E-state index in [4.69, 9.17) is 21.1 Å². The van der Waals surface area contributed by atoms with E-state index in [0.29, 0.717) is 25.0 Å². The zero-order valence-electron chi connectivity index (χ0n) is 12.5. The first-order chi connectivity index (χ1) is 9.19. The summed E-state index contributed by atoms with van der Waals surface area (Å²) >= 11 is 5.79. The molecule has 1 rings (SSSR count). The van der Waals surface area contributed by atoms with Gasteiger partial charge in [0.1, 0.15) is 6.10 Å². The normalized spacial score (nSPS) is 13.6. The van der Waals surface area contributed by atoms with Crippen LogP contribution in [-0.2, 0) is 22.4 Å². The van der Waals surface area contributed by atoms with Crippen molar-refractivity contribution in [3.8, 4) is 0 Å². The number of nitrogens with zero attached hydrogens (tertiary/aromatic N) is 1. The summed E-state index contributed by atoms with van der Waals surface area (Å²) in [7, 11) is 1.70. The van der Waals surface area contributed by atoms with Gasteiger partial charge in [0.15, 0.2) is 18.9 Å². The average molecular weight is 322 g/mol. The van der Waals surface area contributed by atoms with E-state index >= 15 is 0 Å². The highest BCUT2D eigenvalue weighted by atomic mass is 35.5. The fourth-order valence-electron chi connectivity index (χ4n) is 1.77. The Morgan fingerprint density at radius 2 is 1.90 bits per heavy atom. The first-order valence-corrected chi connectivity index (χ1v) is 7.37. The maximum absolute atomic E-state index is 5.87. The first kappa shape index (κ1) is 19.7. The number of methoxy groups -OCH3 is 1. The predicted molar refractivity (Wildman–Crippen MR) is 77.5 cm³/mol. The van der Waals surface area contributed by atoms with Crippen LogP contribution in [0.4, 0.5) is 0 Å². The van der Waals surface area contributed by atoms with Crippen LogP contribution >= 0.6 is 11.6 Å². The summed E-state index contributed by atoms with van der Waals surface area (Å²) < 4.78 is 13.2. The molecule has 5 heteroatoms. The highest BCUT2D eigenvalue weighted by Crippen LogP contribution is 2.03. The van der Waals surface area contributed by atoms with E-state index in [0.717, 1.165) is 13.0 Å². The van der Waals surface area contributed by atoms with Crippen LogP contribution in [0, 0.1) is 5.92 Å². The Morgan fingerprint density at radius 1 is 1.25 bits per heavy atom. The van der Waals surface area contributed by atoms with Crippen LogP contribution in [0.5, 0.6) is 0 Å². The molecule has 116 valence electrons. The molecule has 0 N–H and O–H groups in total. The fraction of sp³-hybridized carbons (Fsp3) is 0.667. The number of hydrogen-bond donors (Lipinski definition) is 0. The van der Waals surface area contributed by atoms with Crippen LogP contribution < -0.4 is 17.0 Å². The molecular formula is C15H25Cl2NO2. The van der Waals surface area contributed by atoms with Crippen LogP contribution in [0.15, 0.2) is 24.5 Å². The fourth-order valence-corrected chi connectivity index (χ4v) is 1.85. The minimum atomic E-state index is 0. The summed E-state index contributed by atoms with van der Waals surface area (Å²) in [6.45, 7) is 6.31. The Morgan fingerprint density at radius 3 is 2.40 bits per heavy atom. The quantitative estimate of drug-likeness (QED) is 0.450. The number of hydrogen-bond acceptors (Lipinski definition) is 2. The Hall–Kier alpha value is -0.350. The molecule has 0 amide bonds. The lowest BCUT2D eigenvalue weighted by atomic mass is 10.2. The molecule has 1 heterocycles. The van der Waals surface area contributed by atoms with E-state index < -0.39 is 0 Å². The van der Waals surface area contributed by atoms with Crippen molar-refractivity contribution >= 4 is 11.6 Å². The molecule has 0 aliphatic carbocycles. The van der Waals surface area contributed by atoms with Crippen molar-refractivity contribution < 1.29 is 26.4 Å². The highest BCUT2D eigenvalue weighted by molar-refractivity contribution is 6.18. The SMILES string of the molecule is CCc1cc[n+](CC(COC)OCC(C)CCl)cc1.[Cl-]. The number of aromatic nitrogens is 1. The number of ether oxygens (including phenoxy) is 2. The topological polar surface area (TPSA) is 22.3 Å². The standard InChI is InChI=1S/C15H25ClNO2.ClH/c1-4-14-5-7-17(8-6-14)10-15(12-18-3)19-11-13(2)9-16;/h5-8,13,15H,4,9-12H2,1-3H3;1H/q+1;/p-1. The summed E-state index contributed by atoms with van der Waals surface area (Å²) in [5, 5.41) is 0. The predicted octanol–water partition coefficient (Wildman–Crippen LogP) is -0.553. The second-order valence-corrected chi connectivity index (χ2v) is 5.24. The van der Waals surface area contributed by atoms with Gasteiger partial charge in [-0.25, -0.2) is 4.57 Å². The molecule has 0 saturated carbocycles. The maximum atomic E-state index is 5.87. The Kier molecular flexibility index (Phi) is 11.1. The molecule has 2 unspecified atom stereocenters. The summed E-state index contributed by atoms with van der Waals surface area (Å²) in [5.74, 6) is 0.992. The van der Waals surface area contributed by atoms with Crippen molar-refractivity contribution in [1.29, 1.82) is 0 Å². The van der Waals surface area contributed by atoms with Gasteiger partial charge in [-0.3, -0.25) is 0 Å². The largest absolute Gasteiger partial charge is 1.00 e. The van der Waals surface area contributed by atoms with Gasteiger partial charge >= 0.3 is 0 Å². The monoisotopic (exact) mass is 321 g/mol. The average Bonchev–Trinajstić information content (AvgIpc) is 2.45.